The molecule has 0 saturated heterocycles. The van der Waals surface area contributed by atoms with E-state index in [0.29, 0.717) is 10.9 Å². The fourth-order valence-corrected chi connectivity index (χ4v) is 2.49. The molecular weight excluding hydrogens is 270 g/mol. The molecule has 0 bridgehead atoms. The molecule has 4 nitrogen and oxygen atoms in total. The predicted molar refractivity (Wildman–Crippen MR) is 77.9 cm³/mol. The fourth-order valence-electron chi connectivity index (χ4n) is 1.53. The molecule has 2 atom stereocenters. The lowest BCUT2D eigenvalue weighted by Gasteiger charge is -2.17. The monoisotopic (exact) mass is 289 g/mol. The minimum absolute atomic E-state index is 0.0838. The summed E-state index contributed by atoms with van der Waals surface area (Å²) in [4.78, 5) is 8.73. The minimum Gasteiger partial charge on any atom is -0.366 e. The summed E-state index contributed by atoms with van der Waals surface area (Å²) in [5.74, 6) is 2.26. The van der Waals surface area contributed by atoms with Crippen LogP contribution in [-0.2, 0) is 10.8 Å². The molecule has 0 aliphatic carbocycles. The second-order valence-electron chi connectivity index (χ2n) is 4.79. The molecule has 6 heteroatoms. The average Bonchev–Trinajstić information content (AvgIpc) is 2.22. The molecule has 1 aromatic heterocycles. The van der Waals surface area contributed by atoms with Crippen LogP contribution < -0.4 is 5.32 Å². The van der Waals surface area contributed by atoms with Gasteiger partial charge in [0.05, 0.1) is 0 Å². The molecule has 0 aromatic carbocycles. The quantitative estimate of drug-likeness (QED) is 0.847. The van der Waals surface area contributed by atoms with E-state index in [0.717, 1.165) is 17.2 Å². The normalized spacial score (nSPS) is 14.6. The van der Waals surface area contributed by atoms with Crippen LogP contribution in [0.25, 0.3) is 0 Å². The third kappa shape index (κ3) is 4.21. The molecule has 2 unspecified atom stereocenters. The van der Waals surface area contributed by atoms with Gasteiger partial charge < -0.3 is 5.32 Å². The second kappa shape index (κ2) is 6.48. The summed E-state index contributed by atoms with van der Waals surface area (Å²) in [5, 5.41) is 3.72. The largest absolute Gasteiger partial charge is 0.366 e. The summed E-state index contributed by atoms with van der Waals surface area (Å²) in [6.45, 7) is 7.90. The molecule has 0 aliphatic rings. The number of halogens is 1. The molecule has 0 radical (unpaired) electrons. The van der Waals surface area contributed by atoms with Crippen molar-refractivity contribution >= 4 is 28.2 Å². The molecule has 0 saturated carbocycles. The molecule has 18 heavy (non-hydrogen) atoms. The third-order valence-corrected chi connectivity index (χ3v) is 3.83. The molecule has 1 heterocycles. The molecule has 102 valence electrons. The van der Waals surface area contributed by atoms with Crippen LogP contribution in [0, 0.1) is 6.92 Å². The van der Waals surface area contributed by atoms with E-state index in [1.807, 2.05) is 27.7 Å². The van der Waals surface area contributed by atoms with Gasteiger partial charge in [0, 0.05) is 40.3 Å². The van der Waals surface area contributed by atoms with Crippen LogP contribution in [0.4, 0.5) is 5.82 Å². The Morgan fingerprint density at radius 3 is 2.44 bits per heavy atom. The Labute approximate surface area is 116 Å². The second-order valence-corrected chi connectivity index (χ2v) is 6.62. The van der Waals surface area contributed by atoms with E-state index in [2.05, 4.69) is 15.3 Å². The highest BCUT2D eigenvalue weighted by atomic mass is 35.5. The lowest BCUT2D eigenvalue weighted by atomic mass is 10.2. The van der Waals surface area contributed by atoms with Gasteiger partial charge in [-0.2, -0.15) is 0 Å². The Hall–Kier alpha value is -0.680. The Morgan fingerprint density at radius 2 is 1.94 bits per heavy atom. The lowest BCUT2D eigenvalue weighted by molar-refractivity contribution is 0.682. The van der Waals surface area contributed by atoms with Crippen LogP contribution >= 0.6 is 11.6 Å². The molecule has 1 N–H and O–H groups in total. The molecule has 0 aliphatic heterocycles. The standard InChI is InChI=1S/C12H20ClN3OS/c1-7(2)11-15-10(13)9(4)12(16-11)14-8(3)6-18(5)17/h7-8H,6H2,1-5H3,(H,14,15,16). The number of nitrogens with zero attached hydrogens (tertiary/aromatic N) is 2. The molecule has 1 rings (SSSR count). The van der Waals surface area contributed by atoms with Crippen molar-refractivity contribution in [1.29, 1.82) is 0 Å². The van der Waals surface area contributed by atoms with Crippen molar-refractivity contribution in [2.75, 3.05) is 17.3 Å². The maximum Gasteiger partial charge on any atom is 0.137 e. The van der Waals surface area contributed by atoms with Gasteiger partial charge in [0.25, 0.3) is 0 Å². The zero-order valence-corrected chi connectivity index (χ0v) is 13.0. The number of aromatic nitrogens is 2. The van der Waals surface area contributed by atoms with Crippen molar-refractivity contribution in [2.45, 2.75) is 39.7 Å². The maximum absolute atomic E-state index is 11.2. The Kier molecular flexibility index (Phi) is 5.53. The predicted octanol–water partition coefficient (Wildman–Crippen LogP) is 2.74. The highest BCUT2D eigenvalue weighted by Gasteiger charge is 2.14. The van der Waals surface area contributed by atoms with Crippen molar-refractivity contribution < 1.29 is 4.21 Å². The summed E-state index contributed by atoms with van der Waals surface area (Å²) >= 11 is 6.10. The van der Waals surface area contributed by atoms with Crippen LogP contribution in [0.5, 0.6) is 0 Å². The van der Waals surface area contributed by atoms with Crippen molar-refractivity contribution in [3.05, 3.63) is 16.5 Å². The van der Waals surface area contributed by atoms with Gasteiger partial charge in [-0.25, -0.2) is 9.97 Å². The van der Waals surface area contributed by atoms with Crippen molar-refractivity contribution in [3.8, 4) is 0 Å². The summed E-state index contributed by atoms with van der Waals surface area (Å²) in [6.07, 6.45) is 1.69. The summed E-state index contributed by atoms with van der Waals surface area (Å²) < 4.78 is 11.2. The van der Waals surface area contributed by atoms with E-state index < -0.39 is 10.8 Å². The van der Waals surface area contributed by atoms with Gasteiger partial charge >= 0.3 is 0 Å². The maximum atomic E-state index is 11.2. The van der Waals surface area contributed by atoms with Gasteiger partial charge in [0.15, 0.2) is 0 Å². The molecule has 0 fully saturated rings. The highest BCUT2D eigenvalue weighted by molar-refractivity contribution is 7.84. The molecule has 0 spiro atoms. The topological polar surface area (TPSA) is 54.9 Å². The van der Waals surface area contributed by atoms with Gasteiger partial charge in [-0.15, -0.1) is 0 Å². The van der Waals surface area contributed by atoms with Crippen molar-refractivity contribution in [2.24, 2.45) is 0 Å². The molecular formula is C12H20ClN3OS. The number of hydrogen-bond donors (Lipinski definition) is 1. The van der Waals surface area contributed by atoms with Crippen LogP contribution in [-0.4, -0.2) is 32.2 Å². The van der Waals surface area contributed by atoms with E-state index >= 15 is 0 Å². The Morgan fingerprint density at radius 1 is 1.33 bits per heavy atom. The van der Waals surface area contributed by atoms with Crippen LogP contribution in [0.15, 0.2) is 0 Å². The number of rotatable bonds is 5. The lowest BCUT2D eigenvalue weighted by Crippen LogP contribution is -2.24. The zero-order valence-electron chi connectivity index (χ0n) is 11.5. The Balaban J connectivity index is 2.97. The van der Waals surface area contributed by atoms with Crippen molar-refractivity contribution in [1.82, 2.24) is 9.97 Å². The molecule has 0 amide bonds. The van der Waals surface area contributed by atoms with Crippen LogP contribution in [0.3, 0.4) is 0 Å². The van der Waals surface area contributed by atoms with Gasteiger partial charge in [0.2, 0.25) is 0 Å². The summed E-state index contributed by atoms with van der Waals surface area (Å²) in [6, 6.07) is 0.0838. The van der Waals surface area contributed by atoms with E-state index in [1.165, 1.54) is 0 Å². The third-order valence-electron chi connectivity index (χ3n) is 2.49. The smallest absolute Gasteiger partial charge is 0.137 e. The van der Waals surface area contributed by atoms with Crippen molar-refractivity contribution in [3.63, 3.8) is 0 Å². The fraction of sp³-hybridized carbons (Fsp3) is 0.667. The van der Waals surface area contributed by atoms with Crippen LogP contribution in [0.2, 0.25) is 5.15 Å². The van der Waals surface area contributed by atoms with Gasteiger partial charge in [0.1, 0.15) is 16.8 Å². The first kappa shape index (κ1) is 15.4. The first-order valence-corrected chi connectivity index (χ1v) is 8.02. The first-order chi connectivity index (χ1) is 8.31. The van der Waals surface area contributed by atoms with Crippen LogP contribution in [0.1, 0.15) is 38.1 Å². The van der Waals surface area contributed by atoms with E-state index in [4.69, 9.17) is 11.6 Å². The van der Waals surface area contributed by atoms with Gasteiger partial charge in [-0.3, -0.25) is 4.21 Å². The Bertz CT molecular complexity index is 451. The summed E-state index contributed by atoms with van der Waals surface area (Å²) in [5.41, 5.74) is 0.829. The number of anilines is 1. The first-order valence-electron chi connectivity index (χ1n) is 5.91. The van der Waals surface area contributed by atoms with E-state index in [1.54, 1.807) is 6.26 Å². The van der Waals surface area contributed by atoms with Gasteiger partial charge in [-0.1, -0.05) is 25.4 Å². The van der Waals surface area contributed by atoms with E-state index in [-0.39, 0.29) is 12.0 Å². The zero-order chi connectivity index (χ0) is 13.9. The number of nitrogens with one attached hydrogen (secondary N) is 1. The average molecular weight is 290 g/mol. The van der Waals surface area contributed by atoms with E-state index in [9.17, 15) is 4.21 Å². The molecule has 1 aromatic rings. The minimum atomic E-state index is -0.834. The number of hydrogen-bond acceptors (Lipinski definition) is 4. The summed E-state index contributed by atoms with van der Waals surface area (Å²) in [7, 11) is -0.834. The van der Waals surface area contributed by atoms with Gasteiger partial charge in [-0.05, 0) is 13.8 Å². The highest BCUT2D eigenvalue weighted by Crippen LogP contribution is 2.23. The SMILES string of the molecule is Cc1c(Cl)nc(C(C)C)nc1NC(C)CS(C)=O.